The lowest BCUT2D eigenvalue weighted by atomic mass is 9.83. The molecule has 4 aromatic rings. The van der Waals surface area contributed by atoms with Gasteiger partial charge in [-0.1, -0.05) is 12.5 Å². The topological polar surface area (TPSA) is 90.5 Å². The van der Waals surface area contributed by atoms with Crippen molar-refractivity contribution in [1.82, 2.24) is 29.3 Å². The number of carbonyl (C=O) groups excluding carboxylic acids is 1. The molecule has 192 valence electrons. The molecule has 37 heavy (non-hydrogen) atoms. The Morgan fingerprint density at radius 1 is 1.19 bits per heavy atom. The summed E-state index contributed by atoms with van der Waals surface area (Å²) in [5.41, 5.74) is 2.07. The van der Waals surface area contributed by atoms with Crippen LogP contribution < -0.4 is 5.32 Å². The number of amides is 1. The third kappa shape index (κ3) is 4.83. The fraction of sp³-hybridized carbons (Fsp3) is 0.320. The average molecular weight is 513 g/mol. The number of benzene rings is 1. The molecule has 12 heteroatoms. The summed E-state index contributed by atoms with van der Waals surface area (Å²) in [6, 6.07) is 5.23. The maximum atomic E-state index is 14.8. The molecule has 8 nitrogen and oxygen atoms in total. The molecule has 1 aromatic carbocycles. The van der Waals surface area contributed by atoms with Gasteiger partial charge in [0.15, 0.2) is 5.82 Å². The van der Waals surface area contributed by atoms with E-state index in [0.717, 1.165) is 36.4 Å². The van der Waals surface area contributed by atoms with Gasteiger partial charge in [0.25, 0.3) is 5.91 Å². The van der Waals surface area contributed by atoms with Crippen LogP contribution in [0.5, 0.6) is 0 Å². The lowest BCUT2D eigenvalue weighted by Crippen LogP contribution is -2.24. The molecule has 0 spiro atoms. The smallest absolute Gasteiger partial charge is 0.306 e. The first-order valence-electron chi connectivity index (χ1n) is 11.7. The highest BCUT2D eigenvalue weighted by Gasteiger charge is 2.38. The van der Waals surface area contributed by atoms with Crippen molar-refractivity contribution in [3.63, 3.8) is 0 Å². The average Bonchev–Trinajstić information content (AvgIpc) is 3.47. The number of alkyl halides is 3. The van der Waals surface area contributed by atoms with E-state index in [4.69, 9.17) is 0 Å². The molecule has 0 radical (unpaired) electrons. The molecule has 3 heterocycles. The van der Waals surface area contributed by atoms with Gasteiger partial charge in [-0.2, -0.15) is 13.2 Å². The van der Waals surface area contributed by atoms with Crippen molar-refractivity contribution in [3.05, 3.63) is 71.8 Å². The molecule has 1 amide bonds. The molecule has 0 saturated heterocycles. The van der Waals surface area contributed by atoms with E-state index >= 15 is 0 Å². The highest BCUT2D eigenvalue weighted by atomic mass is 19.4. The van der Waals surface area contributed by atoms with Crippen molar-refractivity contribution in [3.8, 4) is 17.2 Å². The minimum Gasteiger partial charge on any atom is -0.306 e. The first-order valence-corrected chi connectivity index (χ1v) is 11.7. The van der Waals surface area contributed by atoms with E-state index in [1.54, 1.807) is 17.8 Å². The molecule has 1 aliphatic carbocycles. The number of nitrogens with one attached hydrogen (secondary N) is 1. The molecule has 1 atom stereocenters. The van der Waals surface area contributed by atoms with Crippen molar-refractivity contribution in [2.24, 2.45) is 0 Å². The SMILES string of the molecule is Cc1cc(F)c(C(=O)Nc2cccc(-c3nncn3C(C)C(F)(F)F)n2)cc1-n1cnc(C2CCC2)c1. The number of halogens is 4. The van der Waals surface area contributed by atoms with Gasteiger partial charge in [0, 0.05) is 12.1 Å². The normalized spacial score (nSPS) is 14.9. The third-order valence-corrected chi connectivity index (χ3v) is 6.62. The van der Waals surface area contributed by atoms with E-state index in [9.17, 15) is 22.4 Å². The molecule has 1 saturated carbocycles. The van der Waals surface area contributed by atoms with Crippen LogP contribution in [0.3, 0.4) is 0 Å². The Kier molecular flexibility index (Phi) is 6.26. The summed E-state index contributed by atoms with van der Waals surface area (Å²) in [5.74, 6) is -1.14. The van der Waals surface area contributed by atoms with Gasteiger partial charge >= 0.3 is 6.18 Å². The number of pyridine rings is 1. The van der Waals surface area contributed by atoms with Crippen molar-refractivity contribution >= 4 is 11.7 Å². The zero-order valence-corrected chi connectivity index (χ0v) is 20.0. The quantitative estimate of drug-likeness (QED) is 0.338. The fourth-order valence-electron chi connectivity index (χ4n) is 4.18. The number of carbonyl (C=O) groups is 1. The molecule has 0 bridgehead atoms. The number of hydrogen-bond acceptors (Lipinski definition) is 5. The van der Waals surface area contributed by atoms with Gasteiger partial charge in [0.1, 0.15) is 29.7 Å². The van der Waals surface area contributed by atoms with Gasteiger partial charge in [-0.25, -0.2) is 14.4 Å². The summed E-state index contributed by atoms with van der Waals surface area (Å²) in [7, 11) is 0. The minimum atomic E-state index is -4.52. The van der Waals surface area contributed by atoms with Crippen LogP contribution in [0.1, 0.15) is 59.8 Å². The second-order valence-corrected chi connectivity index (χ2v) is 9.09. The minimum absolute atomic E-state index is 0.0214. The van der Waals surface area contributed by atoms with Crippen LogP contribution in [0.25, 0.3) is 17.2 Å². The van der Waals surface area contributed by atoms with E-state index in [0.29, 0.717) is 17.2 Å². The summed E-state index contributed by atoms with van der Waals surface area (Å²) in [6.07, 6.45) is 3.35. The summed E-state index contributed by atoms with van der Waals surface area (Å²) in [4.78, 5) is 21.7. The Labute approximate surface area is 209 Å². The molecule has 1 N–H and O–H groups in total. The summed E-state index contributed by atoms with van der Waals surface area (Å²) < 4.78 is 57.1. The number of nitrogens with zero attached hydrogens (tertiary/aromatic N) is 6. The Bertz CT molecular complexity index is 1460. The van der Waals surface area contributed by atoms with Crippen LogP contribution in [0.4, 0.5) is 23.4 Å². The summed E-state index contributed by atoms with van der Waals surface area (Å²) in [5, 5.41) is 9.87. The zero-order chi connectivity index (χ0) is 26.3. The summed E-state index contributed by atoms with van der Waals surface area (Å²) in [6.45, 7) is 2.72. The third-order valence-electron chi connectivity index (χ3n) is 6.62. The van der Waals surface area contributed by atoms with E-state index < -0.39 is 23.9 Å². The summed E-state index contributed by atoms with van der Waals surface area (Å²) >= 11 is 0. The van der Waals surface area contributed by atoms with E-state index in [1.165, 1.54) is 36.8 Å². The lowest BCUT2D eigenvalue weighted by molar-refractivity contribution is -0.162. The van der Waals surface area contributed by atoms with E-state index in [1.807, 2.05) is 6.20 Å². The zero-order valence-electron chi connectivity index (χ0n) is 20.0. The molecule has 1 fully saturated rings. The monoisotopic (exact) mass is 513 g/mol. The van der Waals surface area contributed by atoms with Crippen molar-refractivity contribution in [2.75, 3.05) is 5.32 Å². The predicted molar refractivity (Wildman–Crippen MR) is 127 cm³/mol. The first-order chi connectivity index (χ1) is 17.6. The highest BCUT2D eigenvalue weighted by Crippen LogP contribution is 2.36. The fourth-order valence-corrected chi connectivity index (χ4v) is 4.18. The van der Waals surface area contributed by atoms with Crippen molar-refractivity contribution in [2.45, 2.75) is 51.2 Å². The van der Waals surface area contributed by atoms with Gasteiger partial charge < -0.3 is 14.5 Å². The number of aromatic nitrogens is 6. The Morgan fingerprint density at radius 2 is 1.97 bits per heavy atom. The molecular formula is C25H23F4N7O. The van der Waals surface area contributed by atoms with Crippen LogP contribution in [-0.4, -0.2) is 41.4 Å². The highest BCUT2D eigenvalue weighted by molar-refractivity contribution is 6.04. The molecule has 1 aliphatic rings. The molecular weight excluding hydrogens is 490 g/mol. The van der Waals surface area contributed by atoms with Crippen LogP contribution in [0.2, 0.25) is 0 Å². The number of hydrogen-bond donors (Lipinski definition) is 1. The second-order valence-electron chi connectivity index (χ2n) is 9.09. The Balaban J connectivity index is 1.40. The molecule has 0 aliphatic heterocycles. The van der Waals surface area contributed by atoms with Crippen LogP contribution in [0.15, 0.2) is 49.2 Å². The second kappa shape index (κ2) is 9.41. The van der Waals surface area contributed by atoms with Gasteiger partial charge in [-0.05, 0) is 56.5 Å². The number of rotatable bonds is 6. The molecule has 1 unspecified atom stereocenters. The number of aryl methyl sites for hydroxylation is 1. The molecule has 5 rings (SSSR count). The van der Waals surface area contributed by atoms with E-state index in [2.05, 4.69) is 25.5 Å². The Morgan fingerprint density at radius 3 is 2.68 bits per heavy atom. The van der Waals surface area contributed by atoms with Crippen molar-refractivity contribution < 1.29 is 22.4 Å². The predicted octanol–water partition coefficient (Wildman–Crippen LogP) is 5.62. The van der Waals surface area contributed by atoms with E-state index in [-0.39, 0.29) is 22.9 Å². The lowest BCUT2D eigenvalue weighted by Gasteiger charge is -2.23. The van der Waals surface area contributed by atoms with Crippen LogP contribution in [-0.2, 0) is 0 Å². The van der Waals surface area contributed by atoms with Crippen molar-refractivity contribution in [1.29, 1.82) is 0 Å². The van der Waals surface area contributed by atoms with Gasteiger partial charge in [-0.15, -0.1) is 10.2 Å². The molecule has 3 aromatic heterocycles. The first kappa shape index (κ1) is 24.6. The van der Waals surface area contributed by atoms with Gasteiger partial charge in [-0.3, -0.25) is 4.79 Å². The van der Waals surface area contributed by atoms with Gasteiger partial charge in [0.05, 0.1) is 23.3 Å². The standard InChI is InChI=1S/C25H23F4N7O/c1-14-9-18(26)17(10-21(14)35-11-20(30-12-35)16-5-3-6-16)24(37)33-22-8-4-7-19(32-22)23-34-31-13-36(23)15(2)25(27,28)29/h4,7-13,15-16H,3,5-6H2,1-2H3,(H,32,33,37). The Hall–Kier alpha value is -4.09. The number of imidazole rings is 1. The van der Waals surface area contributed by atoms with Crippen LogP contribution >= 0.6 is 0 Å². The van der Waals surface area contributed by atoms with Gasteiger partial charge in [0.2, 0.25) is 0 Å². The maximum Gasteiger partial charge on any atom is 0.408 e. The number of anilines is 1. The van der Waals surface area contributed by atoms with Crippen LogP contribution in [0, 0.1) is 12.7 Å². The maximum absolute atomic E-state index is 14.8. The largest absolute Gasteiger partial charge is 0.408 e.